The van der Waals surface area contributed by atoms with E-state index in [0.717, 1.165) is 33.1 Å². The maximum absolute atomic E-state index is 13.2. The number of fused-ring (bicyclic) bond motifs is 2. The molecule has 20 heavy (non-hydrogen) atoms. The molecule has 3 nitrogen and oxygen atoms in total. The van der Waals surface area contributed by atoms with Crippen LogP contribution in [0.2, 0.25) is 0 Å². The van der Waals surface area contributed by atoms with Gasteiger partial charge in [-0.2, -0.15) is 0 Å². The zero-order valence-electron chi connectivity index (χ0n) is 10.8. The van der Waals surface area contributed by atoms with Gasteiger partial charge < -0.3 is 9.40 Å². The highest BCUT2D eigenvalue weighted by Crippen LogP contribution is 2.31. The lowest BCUT2D eigenvalue weighted by atomic mass is 10.0. The van der Waals surface area contributed by atoms with Crippen molar-refractivity contribution in [2.45, 2.75) is 6.92 Å². The van der Waals surface area contributed by atoms with Gasteiger partial charge in [-0.3, -0.25) is 0 Å². The second kappa shape index (κ2) is 3.93. The van der Waals surface area contributed by atoms with E-state index in [1.54, 1.807) is 6.07 Å². The molecular weight excluding hydrogens is 255 g/mol. The summed E-state index contributed by atoms with van der Waals surface area (Å²) in [6.07, 6.45) is 1.88. The van der Waals surface area contributed by atoms with Gasteiger partial charge >= 0.3 is 0 Å². The number of hydrogen-bond donors (Lipinski definition) is 1. The van der Waals surface area contributed by atoms with Gasteiger partial charge in [-0.05, 0) is 35.9 Å². The maximum atomic E-state index is 13.2. The SMILES string of the molecule is Cc1nc2ccc(-c3c[nH]c4cc(F)ccc34)cc2o1. The number of benzene rings is 2. The van der Waals surface area contributed by atoms with Gasteiger partial charge in [-0.25, -0.2) is 9.37 Å². The van der Waals surface area contributed by atoms with E-state index >= 15 is 0 Å². The molecule has 0 bridgehead atoms. The predicted molar refractivity (Wildman–Crippen MR) is 76.0 cm³/mol. The molecule has 0 saturated carbocycles. The predicted octanol–water partition coefficient (Wildman–Crippen LogP) is 4.42. The number of aromatic nitrogens is 2. The first-order valence-electron chi connectivity index (χ1n) is 6.35. The Morgan fingerprint density at radius 3 is 2.95 bits per heavy atom. The van der Waals surface area contributed by atoms with Gasteiger partial charge in [0.05, 0.1) is 0 Å². The molecule has 0 atom stereocenters. The highest BCUT2D eigenvalue weighted by molar-refractivity contribution is 5.97. The van der Waals surface area contributed by atoms with Crippen LogP contribution in [0.3, 0.4) is 0 Å². The van der Waals surface area contributed by atoms with Crippen LogP contribution in [0.5, 0.6) is 0 Å². The van der Waals surface area contributed by atoms with Crippen LogP contribution in [0.1, 0.15) is 5.89 Å². The molecule has 4 rings (SSSR count). The molecule has 2 aromatic carbocycles. The summed E-state index contributed by atoms with van der Waals surface area (Å²) in [6.45, 7) is 1.83. The minimum Gasteiger partial charge on any atom is -0.441 e. The number of H-pyrrole nitrogens is 1. The van der Waals surface area contributed by atoms with E-state index in [0.29, 0.717) is 5.89 Å². The Balaban J connectivity index is 1.95. The summed E-state index contributed by atoms with van der Waals surface area (Å²) in [5, 5.41) is 0.988. The summed E-state index contributed by atoms with van der Waals surface area (Å²) in [5.74, 6) is 0.408. The molecule has 98 valence electrons. The number of aromatic amines is 1. The summed E-state index contributed by atoms with van der Waals surface area (Å²) < 4.78 is 18.8. The Kier molecular flexibility index (Phi) is 2.21. The topological polar surface area (TPSA) is 41.8 Å². The minimum atomic E-state index is -0.243. The van der Waals surface area contributed by atoms with Gasteiger partial charge in [0.15, 0.2) is 11.5 Å². The third kappa shape index (κ3) is 1.61. The van der Waals surface area contributed by atoms with E-state index in [2.05, 4.69) is 9.97 Å². The van der Waals surface area contributed by atoms with Crippen LogP contribution in [0.25, 0.3) is 33.1 Å². The van der Waals surface area contributed by atoms with Crippen molar-refractivity contribution in [1.29, 1.82) is 0 Å². The summed E-state index contributed by atoms with van der Waals surface area (Å²) in [7, 11) is 0. The normalized spacial score (nSPS) is 11.5. The summed E-state index contributed by atoms with van der Waals surface area (Å²) in [4.78, 5) is 7.38. The van der Waals surface area contributed by atoms with Gasteiger partial charge in [0, 0.05) is 29.6 Å². The summed E-state index contributed by atoms with van der Waals surface area (Å²) in [6, 6.07) is 10.6. The molecule has 0 radical (unpaired) electrons. The number of halogens is 1. The molecule has 0 amide bonds. The largest absolute Gasteiger partial charge is 0.441 e. The Labute approximate surface area is 114 Å². The van der Waals surface area contributed by atoms with E-state index in [9.17, 15) is 4.39 Å². The lowest BCUT2D eigenvalue weighted by molar-refractivity contribution is 0.561. The number of nitrogens with one attached hydrogen (secondary N) is 1. The number of rotatable bonds is 1. The smallest absolute Gasteiger partial charge is 0.192 e. The van der Waals surface area contributed by atoms with Crippen molar-refractivity contribution in [1.82, 2.24) is 9.97 Å². The van der Waals surface area contributed by atoms with Gasteiger partial charge in [0.25, 0.3) is 0 Å². The van der Waals surface area contributed by atoms with Gasteiger partial charge in [0.1, 0.15) is 11.3 Å². The standard InChI is InChI=1S/C16H11FN2O/c1-9-19-14-5-2-10(6-16(14)20-9)13-8-18-15-7-11(17)3-4-12(13)15/h2-8,18H,1H3. The molecule has 4 aromatic rings. The van der Waals surface area contributed by atoms with Gasteiger partial charge in [-0.1, -0.05) is 6.07 Å². The summed E-state index contributed by atoms with van der Waals surface area (Å²) in [5.41, 5.74) is 4.44. The Morgan fingerprint density at radius 1 is 1.15 bits per heavy atom. The van der Waals surface area contributed by atoms with Crippen LogP contribution >= 0.6 is 0 Å². The number of oxazole rings is 1. The van der Waals surface area contributed by atoms with Crippen molar-refractivity contribution in [3.05, 3.63) is 54.3 Å². The number of aryl methyl sites for hydroxylation is 1. The Morgan fingerprint density at radius 2 is 2.05 bits per heavy atom. The van der Waals surface area contributed by atoms with Crippen LogP contribution in [0, 0.1) is 12.7 Å². The molecule has 2 aromatic heterocycles. The second-order valence-electron chi connectivity index (χ2n) is 4.81. The molecule has 0 unspecified atom stereocenters. The van der Waals surface area contributed by atoms with Crippen molar-refractivity contribution in [3.8, 4) is 11.1 Å². The molecular formula is C16H11FN2O. The second-order valence-corrected chi connectivity index (χ2v) is 4.81. The zero-order valence-corrected chi connectivity index (χ0v) is 10.8. The fourth-order valence-electron chi connectivity index (χ4n) is 2.54. The first kappa shape index (κ1) is 11.2. The monoisotopic (exact) mass is 266 g/mol. The van der Waals surface area contributed by atoms with Crippen molar-refractivity contribution in [2.24, 2.45) is 0 Å². The number of nitrogens with zero attached hydrogens (tertiary/aromatic N) is 1. The van der Waals surface area contributed by atoms with Gasteiger partial charge in [0.2, 0.25) is 0 Å². The lowest BCUT2D eigenvalue weighted by Crippen LogP contribution is -1.77. The molecule has 0 aliphatic heterocycles. The van der Waals surface area contributed by atoms with Crippen LogP contribution in [0.4, 0.5) is 4.39 Å². The highest BCUT2D eigenvalue weighted by atomic mass is 19.1. The zero-order chi connectivity index (χ0) is 13.7. The Bertz CT molecular complexity index is 936. The van der Waals surface area contributed by atoms with E-state index in [1.165, 1.54) is 12.1 Å². The first-order valence-corrected chi connectivity index (χ1v) is 6.35. The van der Waals surface area contributed by atoms with Crippen molar-refractivity contribution < 1.29 is 8.81 Å². The van der Waals surface area contributed by atoms with Crippen molar-refractivity contribution >= 4 is 22.0 Å². The van der Waals surface area contributed by atoms with Crippen LogP contribution in [-0.4, -0.2) is 9.97 Å². The van der Waals surface area contributed by atoms with Crippen LogP contribution < -0.4 is 0 Å². The average Bonchev–Trinajstić information content (AvgIpc) is 2.99. The van der Waals surface area contributed by atoms with E-state index < -0.39 is 0 Å². The van der Waals surface area contributed by atoms with Crippen molar-refractivity contribution in [3.63, 3.8) is 0 Å². The molecule has 1 N–H and O–H groups in total. The molecule has 2 heterocycles. The van der Waals surface area contributed by atoms with Gasteiger partial charge in [-0.15, -0.1) is 0 Å². The summed E-state index contributed by atoms with van der Waals surface area (Å²) >= 11 is 0. The fraction of sp³-hybridized carbons (Fsp3) is 0.0625. The molecule has 0 aliphatic rings. The molecule has 0 spiro atoms. The Hall–Kier alpha value is -2.62. The van der Waals surface area contributed by atoms with Crippen LogP contribution in [-0.2, 0) is 0 Å². The third-order valence-electron chi connectivity index (χ3n) is 3.45. The maximum Gasteiger partial charge on any atom is 0.192 e. The molecule has 0 fully saturated rings. The molecule has 4 heteroatoms. The first-order chi connectivity index (χ1) is 9.70. The average molecular weight is 266 g/mol. The quantitative estimate of drug-likeness (QED) is 0.554. The molecule has 0 saturated heterocycles. The van der Waals surface area contributed by atoms with Crippen molar-refractivity contribution in [2.75, 3.05) is 0 Å². The highest BCUT2D eigenvalue weighted by Gasteiger charge is 2.09. The lowest BCUT2D eigenvalue weighted by Gasteiger charge is -1.99. The van der Waals surface area contributed by atoms with E-state index in [4.69, 9.17) is 4.42 Å². The number of hydrogen-bond acceptors (Lipinski definition) is 2. The third-order valence-corrected chi connectivity index (χ3v) is 3.45. The van der Waals surface area contributed by atoms with E-state index in [-0.39, 0.29) is 5.82 Å². The van der Waals surface area contributed by atoms with E-state index in [1.807, 2.05) is 31.3 Å². The molecule has 0 aliphatic carbocycles. The minimum absolute atomic E-state index is 0.243. The fourth-order valence-corrected chi connectivity index (χ4v) is 2.54. The van der Waals surface area contributed by atoms with Crippen LogP contribution in [0.15, 0.2) is 47.0 Å².